The van der Waals surface area contributed by atoms with Crippen LogP contribution in [-0.2, 0) is 11.2 Å². The van der Waals surface area contributed by atoms with Crippen molar-refractivity contribution >= 4 is 30.8 Å². The zero-order chi connectivity index (χ0) is 17.3. The molecule has 0 unspecified atom stereocenters. The first-order valence-corrected chi connectivity index (χ1v) is 8.04. The maximum Gasteiger partial charge on any atom is 0.547 e. The molecule has 1 amide bonds. The summed E-state index contributed by atoms with van der Waals surface area (Å²) in [6.07, 6.45) is 1.43. The predicted molar refractivity (Wildman–Crippen MR) is 80.7 cm³/mol. The lowest BCUT2D eigenvalue weighted by molar-refractivity contribution is -0.118. The first kappa shape index (κ1) is 17.5. The molecule has 1 aliphatic heterocycles. The van der Waals surface area contributed by atoms with Crippen LogP contribution in [0, 0.1) is 18.6 Å². The number of nitrogens with one attached hydrogen (secondary N) is 1. The fraction of sp³-hybridized carbons (Fsp3) is 0.385. The lowest BCUT2D eigenvalue weighted by atomic mass is 9.72. The Morgan fingerprint density at radius 3 is 2.65 bits per heavy atom. The molecule has 1 heterocycles. The SMILES string of the molecule is CSCC(=O)N[C@H]1Cc2c(F)c(F)c(C)c(C(=O)O)c2OB1O. The molecule has 0 saturated carbocycles. The number of hydrogen-bond donors (Lipinski definition) is 3. The van der Waals surface area contributed by atoms with Crippen molar-refractivity contribution in [3.63, 3.8) is 0 Å². The molecule has 23 heavy (non-hydrogen) atoms. The molecule has 0 fully saturated rings. The van der Waals surface area contributed by atoms with E-state index in [1.54, 1.807) is 6.26 Å². The average molecular weight is 345 g/mol. The van der Waals surface area contributed by atoms with E-state index in [4.69, 9.17) is 4.65 Å². The Labute approximate surface area is 135 Å². The number of carboxylic acids is 1. The third-order valence-electron chi connectivity index (χ3n) is 3.51. The van der Waals surface area contributed by atoms with Crippen molar-refractivity contribution in [1.29, 1.82) is 0 Å². The molecule has 124 valence electrons. The van der Waals surface area contributed by atoms with Gasteiger partial charge in [-0.1, -0.05) is 0 Å². The van der Waals surface area contributed by atoms with Gasteiger partial charge in [0.15, 0.2) is 11.6 Å². The molecule has 3 N–H and O–H groups in total. The molecule has 1 atom stereocenters. The van der Waals surface area contributed by atoms with Crippen LogP contribution in [0.1, 0.15) is 21.5 Å². The Hall–Kier alpha value is -1.81. The lowest BCUT2D eigenvalue weighted by Crippen LogP contribution is -2.54. The van der Waals surface area contributed by atoms with E-state index in [2.05, 4.69) is 5.32 Å². The van der Waals surface area contributed by atoms with Crippen LogP contribution in [0.15, 0.2) is 0 Å². The van der Waals surface area contributed by atoms with Crippen molar-refractivity contribution in [2.45, 2.75) is 19.3 Å². The van der Waals surface area contributed by atoms with Crippen LogP contribution in [-0.4, -0.2) is 47.1 Å². The third kappa shape index (κ3) is 3.27. The second-order valence-corrected chi connectivity index (χ2v) is 5.93. The van der Waals surface area contributed by atoms with Crippen molar-refractivity contribution in [3.8, 4) is 5.75 Å². The normalized spacial score (nSPS) is 16.6. The van der Waals surface area contributed by atoms with Gasteiger partial charge < -0.3 is 20.1 Å². The van der Waals surface area contributed by atoms with Gasteiger partial charge in [-0.25, -0.2) is 13.6 Å². The summed E-state index contributed by atoms with van der Waals surface area (Å²) in [5, 5.41) is 21.6. The van der Waals surface area contributed by atoms with Crippen LogP contribution in [0.5, 0.6) is 5.75 Å². The van der Waals surface area contributed by atoms with Crippen molar-refractivity contribution < 1.29 is 33.2 Å². The Morgan fingerprint density at radius 1 is 1.43 bits per heavy atom. The van der Waals surface area contributed by atoms with Crippen LogP contribution >= 0.6 is 11.8 Å². The van der Waals surface area contributed by atoms with Crippen LogP contribution < -0.4 is 9.97 Å². The second-order valence-electron chi connectivity index (χ2n) is 5.06. The van der Waals surface area contributed by atoms with Crippen LogP contribution in [0.4, 0.5) is 8.78 Å². The van der Waals surface area contributed by atoms with Crippen LogP contribution in [0.2, 0.25) is 0 Å². The van der Waals surface area contributed by atoms with E-state index >= 15 is 0 Å². The van der Waals surface area contributed by atoms with Crippen molar-refractivity contribution in [2.75, 3.05) is 12.0 Å². The Bertz CT molecular complexity index is 673. The van der Waals surface area contributed by atoms with E-state index in [-0.39, 0.29) is 17.7 Å². The highest BCUT2D eigenvalue weighted by Crippen LogP contribution is 2.36. The fourth-order valence-corrected chi connectivity index (χ4v) is 2.77. The topological polar surface area (TPSA) is 95.9 Å². The Kier molecular flexibility index (Phi) is 5.15. The van der Waals surface area contributed by atoms with Gasteiger partial charge in [-0.2, -0.15) is 11.8 Å². The van der Waals surface area contributed by atoms with Gasteiger partial charge in [0.2, 0.25) is 5.91 Å². The summed E-state index contributed by atoms with van der Waals surface area (Å²) in [5.74, 6) is -5.69. The maximum atomic E-state index is 14.1. The number of carbonyl (C=O) groups excluding carboxylic acids is 1. The Balaban J connectivity index is 2.44. The smallest absolute Gasteiger partial charge is 0.534 e. The van der Waals surface area contributed by atoms with Crippen LogP contribution in [0.3, 0.4) is 0 Å². The molecule has 1 aromatic rings. The molecule has 0 bridgehead atoms. The fourth-order valence-electron chi connectivity index (χ4n) is 2.42. The average Bonchev–Trinajstić information content (AvgIpc) is 2.47. The maximum absolute atomic E-state index is 14.1. The molecule has 10 heteroatoms. The summed E-state index contributed by atoms with van der Waals surface area (Å²) in [4.78, 5) is 22.9. The molecule has 1 aliphatic rings. The van der Waals surface area contributed by atoms with E-state index < -0.39 is 53.4 Å². The van der Waals surface area contributed by atoms with E-state index in [0.29, 0.717) is 0 Å². The van der Waals surface area contributed by atoms with E-state index in [1.807, 2.05) is 0 Å². The molecule has 0 aromatic heterocycles. The summed E-state index contributed by atoms with van der Waals surface area (Å²) < 4.78 is 33.1. The number of benzene rings is 1. The van der Waals surface area contributed by atoms with E-state index in [0.717, 1.165) is 6.92 Å². The molecule has 0 saturated heterocycles. The number of carboxylic acid groups (broad SMARTS) is 1. The van der Waals surface area contributed by atoms with Gasteiger partial charge in [0, 0.05) is 11.1 Å². The summed E-state index contributed by atoms with van der Waals surface area (Å²) in [6.45, 7) is 1.12. The minimum atomic E-state index is -1.56. The first-order valence-electron chi connectivity index (χ1n) is 6.64. The van der Waals surface area contributed by atoms with Gasteiger partial charge >= 0.3 is 13.1 Å². The molecule has 2 rings (SSSR count). The number of thioether (sulfide) groups is 1. The molecular formula is C13H14BF2NO5S. The largest absolute Gasteiger partial charge is 0.547 e. The molecule has 0 radical (unpaired) electrons. The van der Waals surface area contributed by atoms with Crippen molar-refractivity contribution in [1.82, 2.24) is 5.32 Å². The molecule has 6 nitrogen and oxygen atoms in total. The summed E-state index contributed by atoms with van der Waals surface area (Å²) in [6, 6.07) is 0. The lowest BCUT2D eigenvalue weighted by Gasteiger charge is -2.30. The van der Waals surface area contributed by atoms with Gasteiger partial charge in [0.25, 0.3) is 0 Å². The zero-order valence-corrected chi connectivity index (χ0v) is 13.2. The standard InChI is InChI=1S/C13H14BF2NO5S/c1-5-9(13(19)20)12-6(11(16)10(5)15)3-7(14(21)22-12)17-8(18)4-23-2/h7,21H,3-4H2,1-2H3,(H,17,18)(H,19,20)/t7-/m0/s1. The molecular weight excluding hydrogens is 331 g/mol. The predicted octanol–water partition coefficient (Wildman–Crippen LogP) is 0.774. The summed E-state index contributed by atoms with van der Waals surface area (Å²) in [7, 11) is -1.56. The van der Waals surface area contributed by atoms with E-state index in [1.165, 1.54) is 11.8 Å². The molecule has 0 spiro atoms. The highest BCUT2D eigenvalue weighted by atomic mass is 32.2. The monoisotopic (exact) mass is 345 g/mol. The van der Waals surface area contributed by atoms with Crippen molar-refractivity contribution in [2.24, 2.45) is 0 Å². The number of halogens is 2. The van der Waals surface area contributed by atoms with E-state index in [9.17, 15) is 28.5 Å². The molecule has 1 aromatic carbocycles. The van der Waals surface area contributed by atoms with Crippen molar-refractivity contribution in [3.05, 3.63) is 28.3 Å². The zero-order valence-electron chi connectivity index (χ0n) is 12.4. The minimum Gasteiger partial charge on any atom is -0.534 e. The minimum absolute atomic E-state index is 0.126. The number of fused-ring (bicyclic) bond motifs is 1. The number of rotatable bonds is 4. The number of carbonyl (C=O) groups is 2. The quantitative estimate of drug-likeness (QED) is 0.698. The third-order valence-corrected chi connectivity index (χ3v) is 4.06. The second kappa shape index (κ2) is 6.75. The summed E-state index contributed by atoms with van der Waals surface area (Å²) >= 11 is 1.25. The first-order chi connectivity index (χ1) is 10.8. The number of aromatic carboxylic acids is 1. The Morgan fingerprint density at radius 2 is 2.09 bits per heavy atom. The van der Waals surface area contributed by atoms with Gasteiger partial charge in [0.1, 0.15) is 11.3 Å². The highest BCUT2D eigenvalue weighted by Gasteiger charge is 2.41. The van der Waals surface area contributed by atoms with Gasteiger partial charge in [-0.15, -0.1) is 0 Å². The summed E-state index contributed by atoms with van der Waals surface area (Å²) in [5.41, 5.74) is -1.26. The van der Waals surface area contributed by atoms with Gasteiger partial charge in [-0.05, 0) is 19.6 Å². The molecule has 0 aliphatic carbocycles. The van der Waals surface area contributed by atoms with Gasteiger partial charge in [-0.3, -0.25) is 4.79 Å². The number of amides is 1. The van der Waals surface area contributed by atoms with Gasteiger partial charge in [0.05, 0.1) is 11.7 Å². The number of hydrogen-bond acceptors (Lipinski definition) is 5. The van der Waals surface area contributed by atoms with Crippen LogP contribution in [0.25, 0.3) is 0 Å². The highest BCUT2D eigenvalue weighted by molar-refractivity contribution is 7.99.